The SMILES string of the molecule is CCCCCCCCc1c(O)ccc(CN)c1CN. The molecule has 0 aliphatic heterocycles. The molecule has 1 aromatic rings. The molecule has 0 aliphatic rings. The zero-order valence-corrected chi connectivity index (χ0v) is 12.1. The van der Waals surface area contributed by atoms with E-state index in [1.165, 1.54) is 32.1 Å². The Bertz CT molecular complexity index is 377. The van der Waals surface area contributed by atoms with Gasteiger partial charge in [-0.15, -0.1) is 0 Å². The molecule has 19 heavy (non-hydrogen) atoms. The Morgan fingerprint density at radius 1 is 0.895 bits per heavy atom. The fourth-order valence-electron chi connectivity index (χ4n) is 2.54. The van der Waals surface area contributed by atoms with E-state index in [0.29, 0.717) is 18.8 Å². The first-order chi connectivity index (χ1) is 9.24. The van der Waals surface area contributed by atoms with Gasteiger partial charge in [0.1, 0.15) is 5.75 Å². The minimum Gasteiger partial charge on any atom is -0.508 e. The molecule has 0 aromatic heterocycles. The standard InChI is InChI=1S/C16H28N2O/c1-2-3-4-5-6-7-8-14-15(12-18)13(11-17)9-10-16(14)19/h9-10,19H,2-8,11-12,17-18H2,1H3. The number of rotatable bonds is 9. The van der Waals surface area contributed by atoms with Gasteiger partial charge in [0.05, 0.1) is 0 Å². The van der Waals surface area contributed by atoms with Gasteiger partial charge in [-0.25, -0.2) is 0 Å². The number of unbranched alkanes of at least 4 members (excludes halogenated alkanes) is 5. The number of phenolic OH excluding ortho intramolecular Hbond substituents is 1. The predicted molar refractivity (Wildman–Crippen MR) is 81.0 cm³/mol. The van der Waals surface area contributed by atoms with Crippen molar-refractivity contribution in [3.63, 3.8) is 0 Å². The van der Waals surface area contributed by atoms with E-state index in [2.05, 4.69) is 6.92 Å². The third-order valence-electron chi connectivity index (χ3n) is 3.71. The van der Waals surface area contributed by atoms with E-state index >= 15 is 0 Å². The zero-order chi connectivity index (χ0) is 14.1. The second-order valence-corrected chi connectivity index (χ2v) is 5.13. The summed E-state index contributed by atoms with van der Waals surface area (Å²) >= 11 is 0. The number of hydrogen-bond donors (Lipinski definition) is 3. The lowest BCUT2D eigenvalue weighted by atomic mass is 9.95. The molecule has 0 amide bonds. The highest BCUT2D eigenvalue weighted by Gasteiger charge is 2.10. The lowest BCUT2D eigenvalue weighted by molar-refractivity contribution is 0.464. The van der Waals surface area contributed by atoms with Crippen molar-refractivity contribution in [3.8, 4) is 5.75 Å². The molecular weight excluding hydrogens is 236 g/mol. The van der Waals surface area contributed by atoms with Crippen molar-refractivity contribution < 1.29 is 5.11 Å². The Morgan fingerprint density at radius 3 is 2.21 bits per heavy atom. The van der Waals surface area contributed by atoms with E-state index in [1.807, 2.05) is 6.07 Å². The van der Waals surface area contributed by atoms with Crippen LogP contribution in [0.1, 0.15) is 62.1 Å². The van der Waals surface area contributed by atoms with Crippen LogP contribution in [0.25, 0.3) is 0 Å². The largest absolute Gasteiger partial charge is 0.508 e. The van der Waals surface area contributed by atoms with Gasteiger partial charge in [-0.1, -0.05) is 45.1 Å². The quantitative estimate of drug-likeness (QED) is 0.600. The van der Waals surface area contributed by atoms with Gasteiger partial charge in [0.2, 0.25) is 0 Å². The van der Waals surface area contributed by atoms with Gasteiger partial charge < -0.3 is 16.6 Å². The molecule has 0 fully saturated rings. The summed E-state index contributed by atoms with van der Waals surface area (Å²) in [4.78, 5) is 0. The lowest BCUT2D eigenvalue weighted by Crippen LogP contribution is -2.09. The Labute approximate surface area is 117 Å². The van der Waals surface area contributed by atoms with Gasteiger partial charge >= 0.3 is 0 Å². The highest BCUT2D eigenvalue weighted by molar-refractivity contribution is 5.44. The highest BCUT2D eigenvalue weighted by atomic mass is 16.3. The molecule has 5 N–H and O–H groups in total. The van der Waals surface area contributed by atoms with Crippen LogP contribution >= 0.6 is 0 Å². The predicted octanol–water partition coefficient (Wildman–Crippen LogP) is 3.21. The van der Waals surface area contributed by atoms with Gasteiger partial charge in [0.25, 0.3) is 0 Å². The molecule has 3 heteroatoms. The van der Waals surface area contributed by atoms with Crippen LogP contribution in [0.5, 0.6) is 5.75 Å². The Kier molecular flexibility index (Phi) is 7.53. The van der Waals surface area contributed by atoms with Crippen molar-refractivity contribution in [1.82, 2.24) is 0 Å². The fraction of sp³-hybridized carbons (Fsp3) is 0.625. The summed E-state index contributed by atoms with van der Waals surface area (Å²) in [6.45, 7) is 3.16. The van der Waals surface area contributed by atoms with Crippen molar-refractivity contribution in [2.75, 3.05) is 0 Å². The minimum absolute atomic E-state index is 0.367. The van der Waals surface area contributed by atoms with Crippen LogP contribution < -0.4 is 11.5 Å². The van der Waals surface area contributed by atoms with Gasteiger partial charge in [-0.3, -0.25) is 0 Å². The van der Waals surface area contributed by atoms with Crippen molar-refractivity contribution in [3.05, 3.63) is 28.8 Å². The third-order valence-corrected chi connectivity index (χ3v) is 3.71. The fourth-order valence-corrected chi connectivity index (χ4v) is 2.54. The van der Waals surface area contributed by atoms with Crippen LogP contribution in [-0.2, 0) is 19.5 Å². The summed E-state index contributed by atoms with van der Waals surface area (Å²) < 4.78 is 0. The smallest absolute Gasteiger partial charge is 0.119 e. The lowest BCUT2D eigenvalue weighted by Gasteiger charge is -2.14. The highest BCUT2D eigenvalue weighted by Crippen LogP contribution is 2.26. The molecule has 0 saturated carbocycles. The Morgan fingerprint density at radius 2 is 1.58 bits per heavy atom. The Balaban J connectivity index is 2.56. The summed E-state index contributed by atoms with van der Waals surface area (Å²) in [6.07, 6.45) is 8.42. The molecule has 0 saturated heterocycles. The van der Waals surface area contributed by atoms with Crippen LogP contribution in [0.15, 0.2) is 12.1 Å². The van der Waals surface area contributed by atoms with Crippen LogP contribution in [0, 0.1) is 0 Å². The normalized spacial score (nSPS) is 10.9. The van der Waals surface area contributed by atoms with Crippen molar-refractivity contribution in [2.45, 2.75) is 65.0 Å². The summed E-state index contributed by atoms with van der Waals surface area (Å²) in [5.41, 5.74) is 14.6. The van der Waals surface area contributed by atoms with Crippen molar-refractivity contribution >= 4 is 0 Å². The molecular formula is C16H28N2O. The van der Waals surface area contributed by atoms with E-state index < -0.39 is 0 Å². The van der Waals surface area contributed by atoms with Gasteiger partial charge in [0.15, 0.2) is 0 Å². The first-order valence-electron chi connectivity index (χ1n) is 7.47. The first-order valence-corrected chi connectivity index (χ1v) is 7.47. The van der Waals surface area contributed by atoms with Gasteiger partial charge in [-0.05, 0) is 35.6 Å². The van der Waals surface area contributed by atoms with Crippen LogP contribution in [-0.4, -0.2) is 5.11 Å². The molecule has 3 nitrogen and oxygen atoms in total. The van der Waals surface area contributed by atoms with Crippen molar-refractivity contribution in [2.24, 2.45) is 11.5 Å². The molecule has 0 heterocycles. The molecule has 1 aromatic carbocycles. The molecule has 0 bridgehead atoms. The topological polar surface area (TPSA) is 72.3 Å². The van der Waals surface area contributed by atoms with Gasteiger partial charge in [0, 0.05) is 13.1 Å². The summed E-state index contributed by atoms with van der Waals surface area (Å²) in [7, 11) is 0. The monoisotopic (exact) mass is 264 g/mol. The number of hydrogen-bond acceptors (Lipinski definition) is 3. The third kappa shape index (κ3) is 4.84. The maximum absolute atomic E-state index is 9.99. The molecule has 0 spiro atoms. The van der Waals surface area contributed by atoms with Crippen LogP contribution in [0.4, 0.5) is 0 Å². The Hall–Kier alpha value is -1.06. The van der Waals surface area contributed by atoms with E-state index in [-0.39, 0.29) is 0 Å². The number of nitrogens with two attached hydrogens (primary N) is 2. The maximum Gasteiger partial charge on any atom is 0.119 e. The maximum atomic E-state index is 9.99. The minimum atomic E-state index is 0.367. The summed E-state index contributed by atoms with van der Waals surface area (Å²) in [6, 6.07) is 3.62. The zero-order valence-electron chi connectivity index (χ0n) is 12.1. The number of phenols is 1. The average Bonchev–Trinajstić information content (AvgIpc) is 2.43. The second-order valence-electron chi connectivity index (χ2n) is 5.13. The van der Waals surface area contributed by atoms with E-state index in [9.17, 15) is 5.11 Å². The van der Waals surface area contributed by atoms with E-state index in [0.717, 1.165) is 29.5 Å². The summed E-state index contributed by atoms with van der Waals surface area (Å²) in [5, 5.41) is 9.99. The number of benzene rings is 1. The van der Waals surface area contributed by atoms with Gasteiger partial charge in [-0.2, -0.15) is 0 Å². The first kappa shape index (κ1) is 16.0. The van der Waals surface area contributed by atoms with E-state index in [1.54, 1.807) is 6.07 Å². The molecule has 0 radical (unpaired) electrons. The van der Waals surface area contributed by atoms with E-state index in [4.69, 9.17) is 11.5 Å². The van der Waals surface area contributed by atoms with Crippen molar-refractivity contribution in [1.29, 1.82) is 0 Å². The number of aromatic hydroxyl groups is 1. The molecule has 1 rings (SSSR count). The average molecular weight is 264 g/mol. The molecule has 0 aliphatic carbocycles. The molecule has 0 atom stereocenters. The van der Waals surface area contributed by atoms with Crippen LogP contribution in [0.2, 0.25) is 0 Å². The molecule has 0 unspecified atom stereocenters. The summed E-state index contributed by atoms with van der Waals surface area (Å²) in [5.74, 6) is 0.367. The van der Waals surface area contributed by atoms with Crippen LogP contribution in [0.3, 0.4) is 0 Å². The molecule has 108 valence electrons. The second kappa shape index (κ2) is 8.94.